The van der Waals surface area contributed by atoms with Gasteiger partial charge < -0.3 is 16.0 Å². The number of nitrogens with zero attached hydrogens (tertiary/aromatic N) is 5. The standard InChI is InChI=1S/C18H18ClN7/c1-22-16(20)13-8-11(9-23-17(13)21)18-25-24-15-7-6-14(26(15)18)10-2-4-12(19)5-3-10/h2-5,8-9,14H,6-7H2,1H3,(H2,20,22)(H2,21,23). The first kappa shape index (κ1) is 16.5. The van der Waals surface area contributed by atoms with Gasteiger partial charge in [-0.25, -0.2) is 4.98 Å². The van der Waals surface area contributed by atoms with Crippen LogP contribution in [0.2, 0.25) is 5.02 Å². The lowest BCUT2D eigenvalue weighted by Crippen LogP contribution is -2.16. The van der Waals surface area contributed by atoms with Gasteiger partial charge in [-0.15, -0.1) is 10.2 Å². The fourth-order valence-electron chi connectivity index (χ4n) is 3.34. The zero-order valence-electron chi connectivity index (χ0n) is 14.2. The Kier molecular flexibility index (Phi) is 4.08. The molecule has 0 fully saturated rings. The van der Waals surface area contributed by atoms with Gasteiger partial charge in [0, 0.05) is 30.3 Å². The number of pyridine rings is 1. The molecule has 0 radical (unpaired) electrons. The smallest absolute Gasteiger partial charge is 0.166 e. The number of amidine groups is 1. The maximum absolute atomic E-state index is 6.03. The second-order valence-electron chi connectivity index (χ2n) is 6.18. The van der Waals surface area contributed by atoms with Gasteiger partial charge in [-0.2, -0.15) is 0 Å². The highest BCUT2D eigenvalue weighted by molar-refractivity contribution is 6.30. The van der Waals surface area contributed by atoms with Crippen molar-refractivity contribution in [2.45, 2.75) is 18.9 Å². The highest BCUT2D eigenvalue weighted by Gasteiger charge is 2.29. The molecule has 0 saturated carbocycles. The van der Waals surface area contributed by atoms with Crippen LogP contribution in [0.3, 0.4) is 0 Å². The number of anilines is 1. The van der Waals surface area contributed by atoms with Crippen LogP contribution in [0, 0.1) is 0 Å². The van der Waals surface area contributed by atoms with Crippen molar-refractivity contribution in [3.63, 3.8) is 0 Å². The predicted octanol–water partition coefficient (Wildman–Crippen LogP) is 2.45. The van der Waals surface area contributed by atoms with E-state index in [-0.39, 0.29) is 6.04 Å². The van der Waals surface area contributed by atoms with Gasteiger partial charge in [-0.05, 0) is 30.2 Å². The van der Waals surface area contributed by atoms with Gasteiger partial charge in [0.05, 0.1) is 11.6 Å². The average molecular weight is 368 g/mol. The van der Waals surface area contributed by atoms with Gasteiger partial charge >= 0.3 is 0 Å². The molecule has 0 amide bonds. The molecule has 0 saturated heterocycles. The maximum atomic E-state index is 6.03. The van der Waals surface area contributed by atoms with Crippen LogP contribution in [0.1, 0.15) is 29.4 Å². The van der Waals surface area contributed by atoms with Gasteiger partial charge in [-0.1, -0.05) is 23.7 Å². The van der Waals surface area contributed by atoms with E-state index in [1.807, 2.05) is 30.3 Å². The SMILES string of the molecule is CN=C(N)c1cc(-c2nnc3n2C(c2ccc(Cl)cc2)CC3)cnc1N. The summed E-state index contributed by atoms with van der Waals surface area (Å²) in [7, 11) is 1.62. The first-order chi connectivity index (χ1) is 12.6. The summed E-state index contributed by atoms with van der Waals surface area (Å²) in [5.74, 6) is 2.38. The summed E-state index contributed by atoms with van der Waals surface area (Å²) in [6.45, 7) is 0. The van der Waals surface area contributed by atoms with E-state index in [0.717, 1.165) is 35.1 Å². The fourth-order valence-corrected chi connectivity index (χ4v) is 3.46. The molecule has 0 bridgehead atoms. The summed E-state index contributed by atoms with van der Waals surface area (Å²) < 4.78 is 2.15. The number of benzene rings is 1. The van der Waals surface area contributed by atoms with E-state index >= 15 is 0 Å². The van der Waals surface area contributed by atoms with E-state index in [0.29, 0.717) is 17.2 Å². The van der Waals surface area contributed by atoms with E-state index in [1.54, 1.807) is 13.2 Å². The summed E-state index contributed by atoms with van der Waals surface area (Å²) in [6.07, 6.45) is 3.53. The first-order valence-corrected chi connectivity index (χ1v) is 8.64. The van der Waals surface area contributed by atoms with E-state index in [2.05, 4.69) is 24.7 Å². The molecular weight excluding hydrogens is 350 g/mol. The zero-order valence-corrected chi connectivity index (χ0v) is 15.0. The largest absolute Gasteiger partial charge is 0.383 e. The molecule has 1 aliphatic heterocycles. The molecular formula is C18H18ClN7. The Hall–Kier alpha value is -2.93. The van der Waals surface area contributed by atoms with Gasteiger partial charge in [0.1, 0.15) is 17.5 Å². The number of nitrogens with two attached hydrogens (primary N) is 2. The topological polar surface area (TPSA) is 108 Å². The third-order valence-electron chi connectivity index (χ3n) is 4.67. The second kappa shape index (κ2) is 6.42. The van der Waals surface area contributed by atoms with Crippen LogP contribution in [-0.2, 0) is 6.42 Å². The van der Waals surface area contributed by atoms with E-state index < -0.39 is 0 Å². The Labute approximate surface area is 155 Å². The van der Waals surface area contributed by atoms with E-state index in [9.17, 15) is 0 Å². The number of aliphatic imine (C=N–C) groups is 1. The molecule has 8 heteroatoms. The fraction of sp³-hybridized carbons (Fsp3) is 0.222. The molecule has 4 N–H and O–H groups in total. The quantitative estimate of drug-likeness (QED) is 0.546. The molecule has 1 atom stereocenters. The van der Waals surface area contributed by atoms with Crippen molar-refractivity contribution in [3.05, 3.63) is 58.5 Å². The minimum atomic E-state index is 0.158. The van der Waals surface area contributed by atoms with Crippen molar-refractivity contribution in [2.75, 3.05) is 12.8 Å². The normalized spacial score (nSPS) is 16.7. The number of halogens is 1. The monoisotopic (exact) mass is 367 g/mol. The second-order valence-corrected chi connectivity index (χ2v) is 6.62. The van der Waals surface area contributed by atoms with Gasteiger partial charge in [0.2, 0.25) is 0 Å². The third kappa shape index (κ3) is 2.70. The van der Waals surface area contributed by atoms with Crippen LogP contribution in [0.25, 0.3) is 11.4 Å². The van der Waals surface area contributed by atoms with Crippen molar-refractivity contribution in [2.24, 2.45) is 10.7 Å². The highest BCUT2D eigenvalue weighted by Crippen LogP contribution is 2.36. The lowest BCUT2D eigenvalue weighted by Gasteiger charge is -2.16. The first-order valence-electron chi connectivity index (χ1n) is 8.26. The minimum absolute atomic E-state index is 0.158. The highest BCUT2D eigenvalue weighted by atomic mass is 35.5. The van der Waals surface area contributed by atoms with Crippen molar-refractivity contribution in [1.29, 1.82) is 0 Å². The van der Waals surface area contributed by atoms with Crippen LogP contribution in [0.15, 0.2) is 41.5 Å². The third-order valence-corrected chi connectivity index (χ3v) is 4.92. The number of aryl methyl sites for hydroxylation is 1. The van der Waals surface area contributed by atoms with Crippen molar-refractivity contribution in [3.8, 4) is 11.4 Å². The van der Waals surface area contributed by atoms with Crippen LogP contribution < -0.4 is 11.5 Å². The molecule has 132 valence electrons. The van der Waals surface area contributed by atoms with Crippen molar-refractivity contribution in [1.82, 2.24) is 19.7 Å². The average Bonchev–Trinajstić information content (AvgIpc) is 3.24. The summed E-state index contributed by atoms with van der Waals surface area (Å²) >= 11 is 6.03. The zero-order chi connectivity index (χ0) is 18.3. The molecule has 1 unspecified atom stereocenters. The molecule has 0 aliphatic carbocycles. The molecule has 3 heterocycles. The Morgan fingerprint density at radius 3 is 2.77 bits per heavy atom. The summed E-state index contributed by atoms with van der Waals surface area (Å²) in [4.78, 5) is 8.26. The predicted molar refractivity (Wildman–Crippen MR) is 102 cm³/mol. The molecule has 7 nitrogen and oxygen atoms in total. The van der Waals surface area contributed by atoms with Gasteiger partial charge in [-0.3, -0.25) is 4.99 Å². The Morgan fingerprint density at radius 2 is 2.04 bits per heavy atom. The lowest BCUT2D eigenvalue weighted by molar-refractivity contribution is 0.622. The molecule has 26 heavy (non-hydrogen) atoms. The molecule has 0 spiro atoms. The molecule has 3 aromatic rings. The molecule has 1 aromatic carbocycles. The van der Waals surface area contributed by atoms with Crippen molar-refractivity contribution < 1.29 is 0 Å². The van der Waals surface area contributed by atoms with E-state index in [4.69, 9.17) is 23.1 Å². The Morgan fingerprint density at radius 1 is 1.27 bits per heavy atom. The number of nitrogen functional groups attached to an aromatic ring is 1. The number of fused-ring (bicyclic) bond motifs is 1. The summed E-state index contributed by atoms with van der Waals surface area (Å²) in [6, 6.07) is 9.91. The molecule has 2 aromatic heterocycles. The molecule has 4 rings (SSSR count). The van der Waals surface area contributed by atoms with Crippen LogP contribution >= 0.6 is 11.6 Å². The number of hydrogen-bond acceptors (Lipinski definition) is 5. The molecule has 1 aliphatic rings. The van der Waals surface area contributed by atoms with E-state index in [1.165, 1.54) is 5.56 Å². The number of rotatable bonds is 3. The maximum Gasteiger partial charge on any atom is 0.166 e. The van der Waals surface area contributed by atoms with Crippen LogP contribution in [0.5, 0.6) is 0 Å². The minimum Gasteiger partial charge on any atom is -0.383 e. The summed E-state index contributed by atoms with van der Waals surface area (Å²) in [5, 5.41) is 9.45. The van der Waals surface area contributed by atoms with Gasteiger partial charge in [0.25, 0.3) is 0 Å². The van der Waals surface area contributed by atoms with Gasteiger partial charge in [0.15, 0.2) is 5.82 Å². The van der Waals surface area contributed by atoms with Crippen molar-refractivity contribution >= 4 is 23.3 Å². The number of hydrogen-bond donors (Lipinski definition) is 2. The lowest BCUT2D eigenvalue weighted by atomic mass is 10.0. The number of aromatic nitrogens is 4. The Bertz CT molecular complexity index is 991. The Balaban J connectivity index is 1.80. The van der Waals surface area contributed by atoms with Crippen LogP contribution in [-0.4, -0.2) is 32.6 Å². The summed E-state index contributed by atoms with van der Waals surface area (Å²) in [5.41, 5.74) is 14.5. The van der Waals surface area contributed by atoms with Crippen LogP contribution in [0.4, 0.5) is 5.82 Å².